The topological polar surface area (TPSA) is 146 Å². The third kappa shape index (κ3) is 7.04. The molecule has 2 amide bonds. The van der Waals surface area contributed by atoms with Gasteiger partial charge in [-0.15, -0.1) is 0 Å². The summed E-state index contributed by atoms with van der Waals surface area (Å²) in [7, 11) is -3.89. The largest absolute Gasteiger partial charge is 0.375 e. The van der Waals surface area contributed by atoms with Gasteiger partial charge in [0, 0.05) is 19.6 Å². The molecule has 0 saturated carbocycles. The molecule has 0 aromatic heterocycles. The Morgan fingerprint density at radius 3 is 2.63 bits per heavy atom. The molecule has 1 aliphatic rings. The molecule has 0 spiro atoms. The van der Waals surface area contributed by atoms with E-state index in [1.807, 2.05) is 46.9 Å². The van der Waals surface area contributed by atoms with Crippen LogP contribution in [-0.4, -0.2) is 61.2 Å². The van der Waals surface area contributed by atoms with Gasteiger partial charge in [0.2, 0.25) is 15.9 Å². The van der Waals surface area contributed by atoms with Crippen molar-refractivity contribution in [3.05, 3.63) is 42.5 Å². The van der Waals surface area contributed by atoms with Gasteiger partial charge in [-0.05, 0) is 77.6 Å². The van der Waals surface area contributed by atoms with Gasteiger partial charge in [0.1, 0.15) is 6.34 Å². The number of carbonyl (C=O) groups excluding carboxylic acids is 2. The summed E-state index contributed by atoms with van der Waals surface area (Å²) in [6.07, 6.45) is 5.07. The first-order valence-electron chi connectivity index (χ1n) is 11.5. The minimum atomic E-state index is -3.89. The number of amides is 2. The Morgan fingerprint density at radius 2 is 1.86 bits per heavy atom. The maximum absolute atomic E-state index is 13.1. The molecule has 10 nitrogen and oxygen atoms in total. The zero-order valence-corrected chi connectivity index (χ0v) is 22.3. The number of unbranched alkanes of at least 4 members (excludes halogenated alkanes) is 1. The fourth-order valence-electron chi connectivity index (χ4n) is 3.98. The van der Waals surface area contributed by atoms with E-state index in [1.54, 1.807) is 12.1 Å². The first kappa shape index (κ1) is 27.1. The number of nitrogens with two attached hydrogens (primary N) is 1. The smallest absolute Gasteiger partial charge is 0.256 e. The fraction of sp³-hybridized carbons (Fsp3) is 0.435. The van der Waals surface area contributed by atoms with Gasteiger partial charge in [-0.1, -0.05) is 30.3 Å². The van der Waals surface area contributed by atoms with Crippen LogP contribution < -0.4 is 21.2 Å². The van der Waals surface area contributed by atoms with Gasteiger partial charge in [-0.3, -0.25) is 9.59 Å². The van der Waals surface area contributed by atoms with E-state index in [-0.39, 0.29) is 10.8 Å². The molecule has 35 heavy (non-hydrogen) atoms. The van der Waals surface area contributed by atoms with Crippen molar-refractivity contribution < 1.29 is 18.0 Å². The van der Waals surface area contributed by atoms with E-state index >= 15 is 0 Å². The zero-order valence-electron chi connectivity index (χ0n) is 19.4. The van der Waals surface area contributed by atoms with E-state index in [4.69, 9.17) is 5.84 Å². The molecular weight excluding hydrogens is 583 g/mol. The molecule has 190 valence electrons. The highest BCUT2D eigenvalue weighted by atomic mass is 127. The summed E-state index contributed by atoms with van der Waals surface area (Å²) in [4.78, 5) is 27.7. The van der Waals surface area contributed by atoms with Crippen LogP contribution in [-0.2, 0) is 19.6 Å². The van der Waals surface area contributed by atoms with Gasteiger partial charge < -0.3 is 21.4 Å². The summed E-state index contributed by atoms with van der Waals surface area (Å²) >= 11 is 2.03. The Balaban J connectivity index is 1.59. The number of alkyl halides is 1. The van der Waals surface area contributed by atoms with Crippen LogP contribution in [0.1, 0.15) is 32.1 Å². The number of sulfonamides is 1. The van der Waals surface area contributed by atoms with E-state index < -0.39 is 26.0 Å². The lowest BCUT2D eigenvalue weighted by Gasteiger charge is -2.42. The van der Waals surface area contributed by atoms with E-state index in [1.165, 1.54) is 17.3 Å². The molecule has 5 N–H and O–H groups in total. The monoisotopic (exact) mass is 614 g/mol. The van der Waals surface area contributed by atoms with Crippen LogP contribution in [0.3, 0.4) is 0 Å². The number of rotatable bonds is 11. The van der Waals surface area contributed by atoms with Gasteiger partial charge in [0.05, 0.1) is 11.4 Å². The van der Waals surface area contributed by atoms with Crippen molar-refractivity contribution in [3.8, 4) is 0 Å². The highest BCUT2D eigenvalue weighted by Gasteiger charge is 2.45. The lowest BCUT2D eigenvalue weighted by atomic mass is 10.0. The average Bonchev–Trinajstić information content (AvgIpc) is 2.86. The summed E-state index contributed by atoms with van der Waals surface area (Å²) in [5.74, 6) is 4.35. The first-order chi connectivity index (χ1) is 16.8. The number of hydrazone groups is 1. The second-order valence-corrected chi connectivity index (χ2v) is 11.8. The molecule has 1 heterocycles. The van der Waals surface area contributed by atoms with Crippen LogP contribution in [0.25, 0.3) is 10.8 Å². The number of halogens is 1. The van der Waals surface area contributed by atoms with E-state index in [0.717, 1.165) is 36.5 Å². The summed E-state index contributed by atoms with van der Waals surface area (Å²) in [5.41, 5.74) is 0. The number of fused-ring (bicyclic) bond motifs is 1. The Kier molecular flexibility index (Phi) is 9.69. The molecule has 0 bridgehead atoms. The van der Waals surface area contributed by atoms with Gasteiger partial charge in [-0.25, -0.2) is 13.1 Å². The highest BCUT2D eigenvalue weighted by Crippen LogP contribution is 2.35. The third-order valence-corrected chi connectivity index (χ3v) is 8.87. The molecule has 2 aromatic rings. The van der Waals surface area contributed by atoms with Gasteiger partial charge >= 0.3 is 0 Å². The van der Waals surface area contributed by atoms with E-state index in [0.29, 0.717) is 26.1 Å². The van der Waals surface area contributed by atoms with Crippen molar-refractivity contribution in [1.29, 1.82) is 0 Å². The lowest BCUT2D eigenvalue weighted by Crippen LogP contribution is -2.60. The van der Waals surface area contributed by atoms with Crippen LogP contribution in [0, 0.1) is 0 Å². The molecule has 3 rings (SSSR count). The number of benzene rings is 2. The van der Waals surface area contributed by atoms with Crippen LogP contribution in [0.2, 0.25) is 0 Å². The SMILES string of the molecule is NN=CNCCCCNC(=O)C1(I)CCCCN1C(=O)CNS(=O)(=O)c1ccc2ccccc2c1. The minimum Gasteiger partial charge on any atom is -0.375 e. The van der Waals surface area contributed by atoms with Crippen molar-refractivity contribution >= 4 is 61.5 Å². The minimum absolute atomic E-state index is 0.0911. The average molecular weight is 615 g/mol. The van der Waals surface area contributed by atoms with Gasteiger partial charge in [0.25, 0.3) is 5.91 Å². The standard InChI is InChI=1S/C23H31IN6O4S/c24-23(22(32)27-13-5-4-12-26-17-28-25)11-3-6-14-30(23)21(31)16-29-35(33,34)20-10-9-18-7-1-2-8-19(18)15-20/h1-2,7-10,15,17,29H,3-6,11-14,16,25H2,(H,26,28)(H,27,32). The Morgan fingerprint density at radius 1 is 1.11 bits per heavy atom. The molecule has 0 aliphatic carbocycles. The number of carbonyl (C=O) groups is 2. The lowest BCUT2D eigenvalue weighted by molar-refractivity contribution is -0.142. The Labute approximate surface area is 219 Å². The second kappa shape index (κ2) is 12.5. The summed E-state index contributed by atoms with van der Waals surface area (Å²) in [6.45, 7) is 1.15. The van der Waals surface area contributed by atoms with Crippen molar-refractivity contribution in [3.63, 3.8) is 0 Å². The third-order valence-electron chi connectivity index (χ3n) is 5.86. The maximum atomic E-state index is 13.1. The first-order valence-corrected chi connectivity index (χ1v) is 14.1. The Bertz CT molecular complexity index is 1180. The molecule has 12 heteroatoms. The Hall–Kier alpha value is -2.45. The van der Waals surface area contributed by atoms with E-state index in [9.17, 15) is 18.0 Å². The molecule has 0 radical (unpaired) electrons. The number of piperidine rings is 1. The molecule has 1 unspecified atom stereocenters. The quantitative estimate of drug-likeness (QED) is 0.0443. The fourth-order valence-corrected chi connectivity index (χ4v) is 6.07. The number of likely N-dealkylation sites (tertiary alicyclic amines) is 1. The molecule has 1 fully saturated rings. The number of nitrogens with zero attached hydrogens (tertiary/aromatic N) is 2. The number of hydrogen-bond donors (Lipinski definition) is 4. The van der Waals surface area contributed by atoms with Crippen LogP contribution >= 0.6 is 22.6 Å². The number of nitrogens with one attached hydrogen (secondary N) is 3. The van der Waals surface area contributed by atoms with Crippen molar-refractivity contribution in [2.45, 2.75) is 40.5 Å². The number of hydrogen-bond acceptors (Lipinski definition) is 6. The summed E-state index contributed by atoms with van der Waals surface area (Å²) in [6, 6.07) is 12.3. The van der Waals surface area contributed by atoms with Crippen LogP contribution in [0.5, 0.6) is 0 Å². The highest BCUT2D eigenvalue weighted by molar-refractivity contribution is 14.1. The van der Waals surface area contributed by atoms with Crippen molar-refractivity contribution in [2.24, 2.45) is 10.9 Å². The van der Waals surface area contributed by atoms with E-state index in [2.05, 4.69) is 20.5 Å². The predicted octanol–water partition coefficient (Wildman–Crippen LogP) is 1.65. The normalized spacial score (nSPS) is 18.6. The summed E-state index contributed by atoms with van der Waals surface area (Å²) < 4.78 is 27.0. The zero-order chi connectivity index (χ0) is 25.3. The second-order valence-electron chi connectivity index (χ2n) is 8.29. The van der Waals surface area contributed by atoms with Gasteiger partial charge in [-0.2, -0.15) is 5.10 Å². The van der Waals surface area contributed by atoms with Crippen LogP contribution in [0.15, 0.2) is 52.5 Å². The van der Waals surface area contributed by atoms with Crippen molar-refractivity contribution in [1.82, 2.24) is 20.3 Å². The molecule has 2 aromatic carbocycles. The molecule has 1 aliphatic heterocycles. The van der Waals surface area contributed by atoms with Gasteiger partial charge in [0.15, 0.2) is 3.55 Å². The maximum Gasteiger partial charge on any atom is 0.256 e. The molecule has 1 atom stereocenters. The van der Waals surface area contributed by atoms with Crippen LogP contribution in [0.4, 0.5) is 0 Å². The van der Waals surface area contributed by atoms with Crippen molar-refractivity contribution in [2.75, 3.05) is 26.2 Å². The molecular formula is C23H31IN6O4S. The predicted molar refractivity (Wildman–Crippen MR) is 144 cm³/mol. The molecule has 1 saturated heterocycles. The summed E-state index contributed by atoms with van der Waals surface area (Å²) in [5, 5.41) is 10.9.